The number of amides is 1. The van der Waals surface area contributed by atoms with E-state index in [1.807, 2.05) is 19.3 Å². The van der Waals surface area contributed by atoms with Crippen LogP contribution in [0.25, 0.3) is 0 Å². The molecule has 0 aromatic carbocycles. The summed E-state index contributed by atoms with van der Waals surface area (Å²) < 4.78 is 1.70. The quantitative estimate of drug-likeness (QED) is 0.929. The van der Waals surface area contributed by atoms with Crippen LogP contribution in [0.1, 0.15) is 40.0 Å². The topological polar surface area (TPSA) is 50.2 Å². The summed E-state index contributed by atoms with van der Waals surface area (Å²) in [6.07, 6.45) is 5.52. The lowest BCUT2D eigenvalue weighted by molar-refractivity contribution is -0.117. The predicted octanol–water partition coefficient (Wildman–Crippen LogP) is 2.26. The van der Waals surface area contributed by atoms with Crippen LogP contribution in [0.15, 0.2) is 12.3 Å². The van der Waals surface area contributed by atoms with E-state index in [-0.39, 0.29) is 5.91 Å². The molecule has 2 heterocycles. The lowest BCUT2D eigenvalue weighted by Crippen LogP contribution is -2.38. The number of nitrogens with zero attached hydrogens (tertiary/aromatic N) is 3. The van der Waals surface area contributed by atoms with Crippen LogP contribution in [0, 0.1) is 10.8 Å². The van der Waals surface area contributed by atoms with Crippen molar-refractivity contribution in [1.29, 1.82) is 0 Å². The number of nitrogens with one attached hydrogen (secondary N) is 1. The van der Waals surface area contributed by atoms with Gasteiger partial charge in [-0.25, -0.2) is 0 Å². The minimum Gasteiger partial charge on any atom is -0.308 e. The molecule has 2 fully saturated rings. The highest BCUT2D eigenvalue weighted by Gasteiger charge is 2.49. The normalized spacial score (nSPS) is 31.3. The van der Waals surface area contributed by atoms with Gasteiger partial charge in [-0.3, -0.25) is 14.4 Å². The molecular weight excluding hydrogens is 264 g/mol. The van der Waals surface area contributed by atoms with Crippen molar-refractivity contribution in [1.82, 2.24) is 14.7 Å². The van der Waals surface area contributed by atoms with E-state index in [0.717, 1.165) is 6.54 Å². The third-order valence-corrected chi connectivity index (χ3v) is 4.85. The van der Waals surface area contributed by atoms with E-state index in [1.54, 1.807) is 4.68 Å². The number of hydrogen-bond acceptors (Lipinski definition) is 3. The summed E-state index contributed by atoms with van der Waals surface area (Å²) in [6.45, 7) is 8.60. The van der Waals surface area contributed by atoms with Gasteiger partial charge in [0.25, 0.3) is 0 Å². The molecule has 1 amide bonds. The smallest absolute Gasteiger partial charge is 0.239 e. The Hall–Kier alpha value is -1.36. The number of carbonyl (C=O) groups excluding carboxylic acids is 1. The van der Waals surface area contributed by atoms with Gasteiger partial charge < -0.3 is 5.32 Å². The van der Waals surface area contributed by atoms with E-state index < -0.39 is 0 Å². The molecule has 0 unspecified atom stereocenters. The van der Waals surface area contributed by atoms with Crippen LogP contribution in [-0.4, -0.2) is 39.7 Å². The molecule has 1 aliphatic heterocycles. The summed E-state index contributed by atoms with van der Waals surface area (Å²) in [4.78, 5) is 14.6. The van der Waals surface area contributed by atoms with Gasteiger partial charge in [-0.2, -0.15) is 5.10 Å². The Labute approximate surface area is 126 Å². The third kappa shape index (κ3) is 3.12. The van der Waals surface area contributed by atoms with E-state index in [0.29, 0.717) is 29.2 Å². The summed E-state index contributed by atoms with van der Waals surface area (Å²) in [6, 6.07) is 2.37. The highest BCUT2D eigenvalue weighted by atomic mass is 16.2. The van der Waals surface area contributed by atoms with Crippen LogP contribution in [0.5, 0.6) is 0 Å². The number of aryl methyl sites for hydroxylation is 1. The molecule has 2 bridgehead atoms. The van der Waals surface area contributed by atoms with Crippen molar-refractivity contribution in [2.75, 3.05) is 18.4 Å². The molecule has 0 spiro atoms. The van der Waals surface area contributed by atoms with Crippen molar-refractivity contribution in [2.24, 2.45) is 17.9 Å². The van der Waals surface area contributed by atoms with Gasteiger partial charge in [0, 0.05) is 31.9 Å². The zero-order valence-electron chi connectivity index (χ0n) is 13.5. The summed E-state index contributed by atoms with van der Waals surface area (Å²) in [5, 5.41) is 7.08. The van der Waals surface area contributed by atoms with Gasteiger partial charge in [0.1, 0.15) is 0 Å². The second-order valence-corrected chi connectivity index (χ2v) is 8.04. The Bertz CT molecular complexity index is 550. The fraction of sp³-hybridized carbons (Fsp3) is 0.750. The van der Waals surface area contributed by atoms with Crippen LogP contribution in [0.4, 0.5) is 5.82 Å². The maximum Gasteiger partial charge on any atom is 0.239 e. The molecule has 2 atom stereocenters. The summed E-state index contributed by atoms with van der Waals surface area (Å²) in [5.41, 5.74) is 0.765. The number of hydrogen-bond donors (Lipinski definition) is 1. The van der Waals surface area contributed by atoms with Crippen molar-refractivity contribution >= 4 is 11.7 Å². The number of carbonyl (C=O) groups is 1. The lowest BCUT2D eigenvalue weighted by atomic mass is 9.65. The molecule has 1 saturated carbocycles. The molecular formula is C16H26N4O. The second kappa shape index (κ2) is 4.83. The summed E-state index contributed by atoms with van der Waals surface area (Å²) in [7, 11) is 1.85. The zero-order valence-corrected chi connectivity index (χ0v) is 13.5. The Morgan fingerprint density at radius 1 is 1.43 bits per heavy atom. The molecule has 1 N–H and O–H groups in total. The fourth-order valence-corrected chi connectivity index (χ4v) is 4.61. The van der Waals surface area contributed by atoms with Gasteiger partial charge in [0.05, 0.1) is 6.54 Å². The van der Waals surface area contributed by atoms with Gasteiger partial charge in [0.15, 0.2) is 5.82 Å². The summed E-state index contributed by atoms with van der Waals surface area (Å²) >= 11 is 0. The van der Waals surface area contributed by atoms with Gasteiger partial charge in [0.2, 0.25) is 5.91 Å². The van der Waals surface area contributed by atoms with Crippen LogP contribution in [0.2, 0.25) is 0 Å². The molecule has 2 aliphatic rings. The molecule has 0 radical (unpaired) electrons. The van der Waals surface area contributed by atoms with Crippen molar-refractivity contribution in [3.63, 3.8) is 0 Å². The minimum absolute atomic E-state index is 0.0441. The summed E-state index contributed by atoms with van der Waals surface area (Å²) in [5.74, 6) is 0.680. The van der Waals surface area contributed by atoms with Crippen LogP contribution in [-0.2, 0) is 11.8 Å². The Kier molecular flexibility index (Phi) is 3.35. The molecule has 3 rings (SSSR count). The number of aromatic nitrogens is 2. The zero-order chi connectivity index (χ0) is 15.3. The van der Waals surface area contributed by atoms with Crippen LogP contribution < -0.4 is 5.32 Å². The van der Waals surface area contributed by atoms with Crippen molar-refractivity contribution in [2.45, 2.75) is 46.1 Å². The molecule has 1 aromatic rings. The van der Waals surface area contributed by atoms with E-state index >= 15 is 0 Å². The molecule has 116 valence electrons. The van der Waals surface area contributed by atoms with E-state index in [4.69, 9.17) is 0 Å². The molecule has 5 heteroatoms. The monoisotopic (exact) mass is 290 g/mol. The lowest BCUT2D eigenvalue weighted by Gasteiger charge is -2.39. The fourth-order valence-electron chi connectivity index (χ4n) is 4.61. The molecule has 5 nitrogen and oxygen atoms in total. The van der Waals surface area contributed by atoms with Gasteiger partial charge >= 0.3 is 0 Å². The Morgan fingerprint density at radius 3 is 2.86 bits per heavy atom. The van der Waals surface area contributed by atoms with Gasteiger partial charge in [-0.05, 0) is 30.1 Å². The van der Waals surface area contributed by atoms with Crippen molar-refractivity contribution in [3.8, 4) is 0 Å². The standard InChI is InChI=1S/C16H26N4O/c1-15(2)7-12-8-16(3,10-15)11-20(12)9-14(21)17-13-5-6-19(4)18-13/h5-6,12H,7-11H2,1-4H3,(H,17,18,21)/t12-,16-/m1/s1. The van der Waals surface area contributed by atoms with Crippen molar-refractivity contribution < 1.29 is 4.79 Å². The SMILES string of the molecule is Cn1ccc(NC(=O)CN2C[C@]3(C)C[C@H]2CC(C)(C)C3)n1. The number of likely N-dealkylation sites (tertiary alicyclic amines) is 1. The first kappa shape index (κ1) is 14.6. The maximum atomic E-state index is 12.2. The largest absolute Gasteiger partial charge is 0.308 e. The van der Waals surface area contributed by atoms with Crippen molar-refractivity contribution in [3.05, 3.63) is 12.3 Å². The Balaban J connectivity index is 1.62. The van der Waals surface area contributed by atoms with Gasteiger partial charge in [-0.1, -0.05) is 20.8 Å². The first-order chi connectivity index (χ1) is 9.75. The Morgan fingerprint density at radius 2 is 2.19 bits per heavy atom. The molecule has 1 saturated heterocycles. The van der Waals surface area contributed by atoms with Crippen LogP contribution >= 0.6 is 0 Å². The highest BCUT2D eigenvalue weighted by molar-refractivity contribution is 5.91. The maximum absolute atomic E-state index is 12.2. The molecule has 1 aliphatic carbocycles. The van der Waals surface area contributed by atoms with E-state index in [2.05, 4.69) is 36.1 Å². The predicted molar refractivity (Wildman–Crippen MR) is 82.9 cm³/mol. The number of rotatable bonds is 3. The molecule has 1 aromatic heterocycles. The highest BCUT2D eigenvalue weighted by Crippen LogP contribution is 2.52. The average Bonchev–Trinajstić information content (AvgIpc) is 2.79. The average molecular weight is 290 g/mol. The minimum atomic E-state index is 0.0441. The van der Waals surface area contributed by atoms with Gasteiger partial charge in [-0.15, -0.1) is 0 Å². The second-order valence-electron chi connectivity index (χ2n) is 8.04. The molecule has 21 heavy (non-hydrogen) atoms. The van der Waals surface area contributed by atoms with E-state index in [9.17, 15) is 4.79 Å². The first-order valence-electron chi connectivity index (χ1n) is 7.78. The first-order valence-corrected chi connectivity index (χ1v) is 7.78. The van der Waals surface area contributed by atoms with E-state index in [1.165, 1.54) is 19.3 Å². The number of anilines is 1. The van der Waals surface area contributed by atoms with Crippen LogP contribution in [0.3, 0.4) is 0 Å². The number of fused-ring (bicyclic) bond motifs is 2. The third-order valence-electron chi connectivity index (χ3n) is 4.85.